The first-order valence-corrected chi connectivity index (χ1v) is 8.37. The van der Waals surface area contributed by atoms with Gasteiger partial charge < -0.3 is 5.32 Å². The Hall–Kier alpha value is -0.130. The van der Waals surface area contributed by atoms with E-state index in [0.29, 0.717) is 13.0 Å². The molecule has 4 nitrogen and oxygen atoms in total. The molecule has 0 spiro atoms. The van der Waals surface area contributed by atoms with Crippen LogP contribution in [0.4, 0.5) is 0 Å². The molecule has 0 aromatic rings. The Labute approximate surface area is 106 Å². The molecule has 5 heteroatoms. The lowest BCUT2D eigenvalue weighted by Crippen LogP contribution is -2.42. The predicted molar refractivity (Wildman–Crippen MR) is 71.6 cm³/mol. The minimum Gasteiger partial charge on any atom is -0.320 e. The van der Waals surface area contributed by atoms with Gasteiger partial charge in [-0.05, 0) is 32.9 Å². The van der Waals surface area contributed by atoms with Gasteiger partial charge in [-0.3, -0.25) is 0 Å². The fourth-order valence-electron chi connectivity index (χ4n) is 2.60. The molecule has 1 saturated carbocycles. The number of rotatable bonds is 7. The molecule has 1 aliphatic rings. The molecule has 0 bridgehead atoms. The van der Waals surface area contributed by atoms with Gasteiger partial charge in [-0.1, -0.05) is 26.2 Å². The lowest BCUT2D eigenvalue weighted by Gasteiger charge is -2.32. The van der Waals surface area contributed by atoms with Crippen LogP contribution < -0.4 is 5.32 Å². The molecule has 0 aromatic carbocycles. The van der Waals surface area contributed by atoms with Gasteiger partial charge >= 0.3 is 0 Å². The van der Waals surface area contributed by atoms with Crippen LogP contribution in [0.25, 0.3) is 0 Å². The third-order valence-electron chi connectivity index (χ3n) is 3.48. The first kappa shape index (κ1) is 14.9. The highest BCUT2D eigenvalue weighted by molar-refractivity contribution is 7.89. The largest absolute Gasteiger partial charge is 0.320 e. The number of nitrogens with one attached hydrogen (secondary N) is 1. The maximum atomic E-state index is 12.2. The van der Waals surface area contributed by atoms with Gasteiger partial charge in [0.15, 0.2) is 0 Å². The van der Waals surface area contributed by atoms with E-state index in [2.05, 4.69) is 5.32 Å². The fourth-order valence-corrected chi connectivity index (χ4v) is 4.40. The van der Waals surface area contributed by atoms with Gasteiger partial charge in [0, 0.05) is 12.6 Å². The van der Waals surface area contributed by atoms with Crippen LogP contribution in [0.3, 0.4) is 0 Å². The highest BCUT2D eigenvalue weighted by Gasteiger charge is 2.28. The molecule has 0 aliphatic heterocycles. The molecular formula is C12H26N2O2S. The number of hydrogen-bond donors (Lipinski definition) is 1. The Kier molecular flexibility index (Phi) is 6.44. The van der Waals surface area contributed by atoms with Crippen LogP contribution in [0, 0.1) is 0 Å². The summed E-state index contributed by atoms with van der Waals surface area (Å²) in [5, 5.41) is 2.99. The third kappa shape index (κ3) is 4.56. The standard InChI is InChI=1S/C12H26N2O2S/c1-3-14(12-8-5-4-6-9-12)17(15,16)11-7-10-13-2/h12-13H,3-11H2,1-2H3. The van der Waals surface area contributed by atoms with Gasteiger partial charge in [0.1, 0.15) is 0 Å². The van der Waals surface area contributed by atoms with E-state index >= 15 is 0 Å². The maximum Gasteiger partial charge on any atom is 0.214 e. The smallest absolute Gasteiger partial charge is 0.214 e. The predicted octanol–water partition coefficient (Wildman–Crippen LogP) is 1.58. The van der Waals surface area contributed by atoms with E-state index in [9.17, 15) is 8.42 Å². The number of sulfonamides is 1. The number of hydrogen-bond acceptors (Lipinski definition) is 3. The van der Waals surface area contributed by atoms with E-state index in [4.69, 9.17) is 0 Å². The highest BCUT2D eigenvalue weighted by Crippen LogP contribution is 2.24. The summed E-state index contributed by atoms with van der Waals surface area (Å²) < 4.78 is 26.2. The van der Waals surface area contributed by atoms with Crippen LogP contribution in [0.15, 0.2) is 0 Å². The summed E-state index contributed by atoms with van der Waals surface area (Å²) in [4.78, 5) is 0. The SMILES string of the molecule is CCN(C1CCCCC1)S(=O)(=O)CCCNC. The molecule has 1 N–H and O–H groups in total. The van der Waals surface area contributed by atoms with Gasteiger partial charge in [-0.2, -0.15) is 4.31 Å². The molecule has 1 fully saturated rings. The van der Waals surface area contributed by atoms with Crippen LogP contribution >= 0.6 is 0 Å². The second-order valence-electron chi connectivity index (χ2n) is 4.77. The summed E-state index contributed by atoms with van der Waals surface area (Å²) in [6.45, 7) is 3.33. The average molecular weight is 262 g/mol. The Morgan fingerprint density at radius 3 is 2.41 bits per heavy atom. The van der Waals surface area contributed by atoms with Crippen molar-refractivity contribution in [1.29, 1.82) is 0 Å². The Bertz CT molecular complexity index is 298. The van der Waals surface area contributed by atoms with Gasteiger partial charge in [-0.25, -0.2) is 8.42 Å². The van der Waals surface area contributed by atoms with E-state index in [1.807, 2.05) is 14.0 Å². The van der Waals surface area contributed by atoms with Crippen molar-refractivity contribution >= 4 is 10.0 Å². The maximum absolute atomic E-state index is 12.2. The normalized spacial score (nSPS) is 18.8. The minimum absolute atomic E-state index is 0.258. The molecule has 102 valence electrons. The van der Waals surface area contributed by atoms with Crippen LogP contribution in [0.2, 0.25) is 0 Å². The topological polar surface area (TPSA) is 49.4 Å². The van der Waals surface area contributed by atoms with Crippen molar-refractivity contribution in [1.82, 2.24) is 9.62 Å². The molecule has 0 unspecified atom stereocenters. The Morgan fingerprint density at radius 1 is 1.24 bits per heavy atom. The zero-order valence-electron chi connectivity index (χ0n) is 11.1. The summed E-state index contributed by atoms with van der Waals surface area (Å²) >= 11 is 0. The van der Waals surface area contributed by atoms with Gasteiger partial charge in [0.2, 0.25) is 10.0 Å². The van der Waals surface area contributed by atoms with Crippen molar-refractivity contribution in [2.45, 2.75) is 51.5 Å². The van der Waals surface area contributed by atoms with E-state index in [-0.39, 0.29) is 11.8 Å². The quantitative estimate of drug-likeness (QED) is 0.709. The molecule has 0 radical (unpaired) electrons. The first-order chi connectivity index (χ1) is 8.11. The van der Waals surface area contributed by atoms with E-state index < -0.39 is 10.0 Å². The van der Waals surface area contributed by atoms with Crippen molar-refractivity contribution < 1.29 is 8.42 Å². The van der Waals surface area contributed by atoms with Crippen molar-refractivity contribution in [3.8, 4) is 0 Å². The summed E-state index contributed by atoms with van der Waals surface area (Å²) in [7, 11) is -1.20. The molecule has 1 aliphatic carbocycles. The second-order valence-corrected chi connectivity index (χ2v) is 6.81. The molecule has 0 heterocycles. The van der Waals surface area contributed by atoms with E-state index in [1.165, 1.54) is 19.3 Å². The zero-order valence-corrected chi connectivity index (χ0v) is 11.9. The lowest BCUT2D eigenvalue weighted by atomic mass is 9.95. The number of nitrogens with zero attached hydrogens (tertiary/aromatic N) is 1. The first-order valence-electron chi connectivity index (χ1n) is 6.76. The van der Waals surface area contributed by atoms with Gasteiger partial charge in [-0.15, -0.1) is 0 Å². The van der Waals surface area contributed by atoms with Crippen LogP contribution in [0.5, 0.6) is 0 Å². The monoisotopic (exact) mass is 262 g/mol. The van der Waals surface area contributed by atoms with Crippen molar-refractivity contribution in [3.63, 3.8) is 0 Å². The Morgan fingerprint density at radius 2 is 1.88 bits per heavy atom. The zero-order chi connectivity index (χ0) is 12.7. The van der Waals surface area contributed by atoms with E-state index in [0.717, 1.165) is 19.4 Å². The fraction of sp³-hybridized carbons (Fsp3) is 1.00. The molecule has 0 saturated heterocycles. The van der Waals surface area contributed by atoms with Crippen LogP contribution in [-0.4, -0.2) is 44.7 Å². The van der Waals surface area contributed by atoms with Crippen molar-refractivity contribution in [2.24, 2.45) is 0 Å². The summed E-state index contributed by atoms with van der Waals surface area (Å²) in [6, 6.07) is 0.258. The molecule has 17 heavy (non-hydrogen) atoms. The van der Waals surface area contributed by atoms with Gasteiger partial charge in [0.05, 0.1) is 5.75 Å². The van der Waals surface area contributed by atoms with Crippen LogP contribution in [0.1, 0.15) is 45.4 Å². The summed E-state index contributed by atoms with van der Waals surface area (Å²) in [5.41, 5.74) is 0. The van der Waals surface area contributed by atoms with Crippen molar-refractivity contribution in [2.75, 3.05) is 25.9 Å². The molecule has 0 atom stereocenters. The summed E-state index contributed by atoms with van der Waals surface area (Å²) in [5.74, 6) is 0.276. The highest BCUT2D eigenvalue weighted by atomic mass is 32.2. The molecule has 0 amide bonds. The summed E-state index contributed by atoms with van der Waals surface area (Å²) in [6.07, 6.45) is 6.38. The van der Waals surface area contributed by atoms with Crippen molar-refractivity contribution in [3.05, 3.63) is 0 Å². The molecule has 0 aromatic heterocycles. The molecule has 1 rings (SSSR count). The lowest BCUT2D eigenvalue weighted by molar-refractivity contribution is 0.261. The Balaban J connectivity index is 2.57. The third-order valence-corrected chi connectivity index (χ3v) is 5.56. The minimum atomic E-state index is -3.05. The second kappa shape index (κ2) is 7.34. The van der Waals surface area contributed by atoms with Gasteiger partial charge in [0.25, 0.3) is 0 Å². The van der Waals surface area contributed by atoms with Crippen LogP contribution in [-0.2, 0) is 10.0 Å². The average Bonchev–Trinajstić information content (AvgIpc) is 2.31. The molecular weight excluding hydrogens is 236 g/mol. The van der Waals surface area contributed by atoms with E-state index in [1.54, 1.807) is 4.31 Å².